The maximum absolute atomic E-state index is 6.20. The summed E-state index contributed by atoms with van der Waals surface area (Å²) in [6.07, 6.45) is 3.98. The van der Waals surface area contributed by atoms with Crippen LogP contribution in [-0.2, 0) is 0 Å². The van der Waals surface area contributed by atoms with Crippen LogP contribution in [0.4, 0.5) is 0 Å². The zero-order valence-electron chi connectivity index (χ0n) is 12.8. The lowest BCUT2D eigenvalue weighted by Crippen LogP contribution is -2.26. The van der Waals surface area contributed by atoms with Gasteiger partial charge in [0.05, 0.1) is 6.04 Å². The van der Waals surface area contributed by atoms with Crippen molar-refractivity contribution < 1.29 is 4.42 Å². The molecule has 2 aromatic rings. The number of rotatable bonds is 4. The Morgan fingerprint density at radius 3 is 2.85 bits per heavy atom. The number of hydrogen-bond donors (Lipinski definition) is 1. The second-order valence-electron chi connectivity index (χ2n) is 6.36. The monoisotopic (exact) mass is 271 g/mol. The van der Waals surface area contributed by atoms with E-state index in [0.29, 0.717) is 12.0 Å². The van der Waals surface area contributed by atoms with Gasteiger partial charge in [-0.25, -0.2) is 0 Å². The normalized spacial score (nSPS) is 24.4. The van der Waals surface area contributed by atoms with Crippen LogP contribution >= 0.6 is 0 Å². The van der Waals surface area contributed by atoms with E-state index in [0.717, 1.165) is 23.8 Å². The highest BCUT2D eigenvalue weighted by Gasteiger charge is 2.31. The van der Waals surface area contributed by atoms with Crippen LogP contribution in [0.1, 0.15) is 50.5 Å². The Labute approximate surface area is 121 Å². The highest BCUT2D eigenvalue weighted by atomic mass is 16.3. The molecule has 20 heavy (non-hydrogen) atoms. The molecule has 0 radical (unpaired) electrons. The van der Waals surface area contributed by atoms with Crippen molar-refractivity contribution in [3.8, 4) is 0 Å². The molecule has 3 rings (SSSR count). The van der Waals surface area contributed by atoms with Crippen LogP contribution < -0.4 is 5.32 Å². The number of benzene rings is 1. The molecule has 3 unspecified atom stereocenters. The Bertz CT molecular complexity index is 586. The second kappa shape index (κ2) is 5.61. The van der Waals surface area contributed by atoms with Gasteiger partial charge in [-0.3, -0.25) is 0 Å². The average Bonchev–Trinajstić information content (AvgIpc) is 3.03. The van der Waals surface area contributed by atoms with Gasteiger partial charge in [0.1, 0.15) is 11.3 Å². The number of para-hydroxylation sites is 1. The first kappa shape index (κ1) is 13.7. The molecule has 1 N–H and O–H groups in total. The molecular weight excluding hydrogens is 246 g/mol. The maximum atomic E-state index is 6.20. The molecule has 0 saturated heterocycles. The topological polar surface area (TPSA) is 25.2 Å². The summed E-state index contributed by atoms with van der Waals surface area (Å²) >= 11 is 0. The Balaban J connectivity index is 1.94. The zero-order valence-corrected chi connectivity index (χ0v) is 12.8. The van der Waals surface area contributed by atoms with Crippen LogP contribution in [0.5, 0.6) is 0 Å². The first-order valence-electron chi connectivity index (χ1n) is 7.91. The molecule has 2 nitrogen and oxygen atoms in total. The second-order valence-corrected chi connectivity index (χ2v) is 6.36. The number of aryl methyl sites for hydroxylation is 1. The minimum Gasteiger partial charge on any atom is -0.459 e. The van der Waals surface area contributed by atoms with Crippen molar-refractivity contribution in [1.82, 2.24) is 5.32 Å². The fourth-order valence-corrected chi connectivity index (χ4v) is 3.66. The summed E-state index contributed by atoms with van der Waals surface area (Å²) in [6.45, 7) is 7.66. The van der Waals surface area contributed by atoms with Gasteiger partial charge in [0.15, 0.2) is 0 Å². The van der Waals surface area contributed by atoms with Crippen LogP contribution in [0.3, 0.4) is 0 Å². The highest BCUT2D eigenvalue weighted by molar-refractivity contribution is 5.81. The molecule has 2 heteroatoms. The number of fused-ring (bicyclic) bond motifs is 1. The van der Waals surface area contributed by atoms with Gasteiger partial charge in [-0.05, 0) is 49.8 Å². The fraction of sp³-hybridized carbons (Fsp3) is 0.556. The van der Waals surface area contributed by atoms with Crippen molar-refractivity contribution in [2.24, 2.45) is 11.8 Å². The quantitative estimate of drug-likeness (QED) is 0.861. The van der Waals surface area contributed by atoms with Crippen LogP contribution in [0, 0.1) is 18.8 Å². The lowest BCUT2D eigenvalue weighted by Gasteiger charge is -2.22. The minimum atomic E-state index is 0.372. The third kappa shape index (κ3) is 2.49. The van der Waals surface area contributed by atoms with Crippen molar-refractivity contribution in [2.45, 2.75) is 46.1 Å². The fourth-order valence-electron chi connectivity index (χ4n) is 3.66. The van der Waals surface area contributed by atoms with Gasteiger partial charge in [0, 0.05) is 5.39 Å². The first-order valence-corrected chi connectivity index (χ1v) is 7.91. The van der Waals surface area contributed by atoms with Crippen molar-refractivity contribution in [3.05, 3.63) is 35.6 Å². The summed E-state index contributed by atoms with van der Waals surface area (Å²) in [5.74, 6) is 2.69. The van der Waals surface area contributed by atoms with Gasteiger partial charge >= 0.3 is 0 Å². The van der Waals surface area contributed by atoms with E-state index in [9.17, 15) is 0 Å². The van der Waals surface area contributed by atoms with Gasteiger partial charge in [-0.2, -0.15) is 0 Å². The highest BCUT2D eigenvalue weighted by Crippen LogP contribution is 2.40. The lowest BCUT2D eigenvalue weighted by molar-refractivity contribution is 0.318. The van der Waals surface area contributed by atoms with Crippen molar-refractivity contribution >= 4 is 11.0 Å². The van der Waals surface area contributed by atoms with Crippen LogP contribution in [0.25, 0.3) is 11.0 Å². The molecule has 1 heterocycles. The average molecular weight is 271 g/mol. The van der Waals surface area contributed by atoms with E-state index in [1.807, 2.05) is 0 Å². The molecule has 1 aromatic carbocycles. The number of furan rings is 1. The Hall–Kier alpha value is -1.28. The molecule has 0 spiro atoms. The molecule has 1 saturated carbocycles. The van der Waals surface area contributed by atoms with Gasteiger partial charge in [-0.1, -0.05) is 38.5 Å². The summed E-state index contributed by atoms with van der Waals surface area (Å²) < 4.78 is 6.20. The molecule has 0 amide bonds. The molecule has 1 aliphatic carbocycles. The van der Waals surface area contributed by atoms with Crippen LogP contribution in [0.2, 0.25) is 0 Å². The third-order valence-electron chi connectivity index (χ3n) is 4.70. The van der Waals surface area contributed by atoms with E-state index in [-0.39, 0.29) is 0 Å². The van der Waals surface area contributed by atoms with Crippen LogP contribution in [0.15, 0.2) is 28.7 Å². The first-order chi connectivity index (χ1) is 9.69. The molecule has 1 aliphatic rings. The predicted octanol–water partition coefficient (Wildman–Crippen LogP) is 4.83. The lowest BCUT2D eigenvalue weighted by atomic mass is 9.94. The molecule has 3 atom stereocenters. The standard InChI is InChI=1S/C18H25NO/c1-4-19-17(14-9-8-12(2)10-14)16-11-15-7-5-6-13(3)18(15)20-16/h5-7,11-12,14,17,19H,4,8-10H2,1-3H3. The van der Waals surface area contributed by atoms with E-state index in [1.165, 1.54) is 30.2 Å². The Morgan fingerprint density at radius 1 is 1.35 bits per heavy atom. The Morgan fingerprint density at radius 2 is 2.20 bits per heavy atom. The van der Waals surface area contributed by atoms with E-state index >= 15 is 0 Å². The van der Waals surface area contributed by atoms with E-state index in [1.54, 1.807) is 0 Å². The summed E-state index contributed by atoms with van der Waals surface area (Å²) in [5, 5.41) is 4.88. The van der Waals surface area contributed by atoms with Gasteiger partial charge in [0.2, 0.25) is 0 Å². The summed E-state index contributed by atoms with van der Waals surface area (Å²) in [4.78, 5) is 0. The SMILES string of the molecule is CCNC(c1cc2cccc(C)c2o1)C1CCC(C)C1. The van der Waals surface area contributed by atoms with E-state index < -0.39 is 0 Å². The molecule has 108 valence electrons. The van der Waals surface area contributed by atoms with Crippen molar-refractivity contribution in [1.29, 1.82) is 0 Å². The number of hydrogen-bond acceptors (Lipinski definition) is 2. The van der Waals surface area contributed by atoms with E-state index in [4.69, 9.17) is 4.42 Å². The largest absolute Gasteiger partial charge is 0.459 e. The Kier molecular flexibility index (Phi) is 3.84. The molecule has 1 aromatic heterocycles. The molecule has 0 bridgehead atoms. The number of nitrogens with one attached hydrogen (secondary N) is 1. The van der Waals surface area contributed by atoms with Gasteiger partial charge in [-0.15, -0.1) is 0 Å². The zero-order chi connectivity index (χ0) is 14.1. The van der Waals surface area contributed by atoms with E-state index in [2.05, 4.69) is 50.4 Å². The van der Waals surface area contributed by atoms with Crippen molar-refractivity contribution in [2.75, 3.05) is 6.54 Å². The smallest absolute Gasteiger partial charge is 0.137 e. The third-order valence-corrected chi connectivity index (χ3v) is 4.70. The molecular formula is C18H25NO. The predicted molar refractivity (Wildman–Crippen MR) is 83.9 cm³/mol. The van der Waals surface area contributed by atoms with Crippen molar-refractivity contribution in [3.63, 3.8) is 0 Å². The molecule has 0 aliphatic heterocycles. The maximum Gasteiger partial charge on any atom is 0.137 e. The molecule has 1 fully saturated rings. The van der Waals surface area contributed by atoms with Gasteiger partial charge < -0.3 is 9.73 Å². The van der Waals surface area contributed by atoms with Gasteiger partial charge in [0.25, 0.3) is 0 Å². The van der Waals surface area contributed by atoms with Crippen LogP contribution in [-0.4, -0.2) is 6.54 Å². The summed E-state index contributed by atoms with van der Waals surface area (Å²) in [5.41, 5.74) is 2.28. The summed E-state index contributed by atoms with van der Waals surface area (Å²) in [7, 11) is 0. The minimum absolute atomic E-state index is 0.372. The summed E-state index contributed by atoms with van der Waals surface area (Å²) in [6, 6.07) is 8.98.